The molecule has 2 aromatic heterocycles. The molecule has 0 bridgehead atoms. The zero-order valence-corrected chi connectivity index (χ0v) is 14.5. The van der Waals surface area contributed by atoms with E-state index in [0.29, 0.717) is 32.2 Å². The zero-order valence-electron chi connectivity index (χ0n) is 14.5. The smallest absolute Gasteiger partial charge is 0.227 e. The molecule has 2 aromatic rings. The van der Waals surface area contributed by atoms with E-state index in [4.69, 9.17) is 9.15 Å². The SMILES string of the molecule is COCCN(Cc1ccco1)C(=O)C1CCCN(c2ncccn2)C1. The molecule has 7 heteroatoms. The molecule has 7 nitrogen and oxygen atoms in total. The summed E-state index contributed by atoms with van der Waals surface area (Å²) >= 11 is 0. The van der Waals surface area contributed by atoms with Crippen LogP contribution in [-0.4, -0.2) is 54.1 Å². The number of hydrogen-bond acceptors (Lipinski definition) is 6. The molecule has 3 rings (SSSR count). The molecular formula is C18H24N4O3. The van der Waals surface area contributed by atoms with Crippen molar-refractivity contribution in [3.63, 3.8) is 0 Å². The second-order valence-corrected chi connectivity index (χ2v) is 6.17. The molecule has 134 valence electrons. The molecular weight excluding hydrogens is 320 g/mol. The summed E-state index contributed by atoms with van der Waals surface area (Å²) in [7, 11) is 1.64. The van der Waals surface area contributed by atoms with Gasteiger partial charge in [0.25, 0.3) is 0 Å². The number of methoxy groups -OCH3 is 1. The molecule has 25 heavy (non-hydrogen) atoms. The highest BCUT2D eigenvalue weighted by Gasteiger charge is 2.30. The molecule has 0 N–H and O–H groups in total. The van der Waals surface area contributed by atoms with Crippen LogP contribution in [0.2, 0.25) is 0 Å². The summed E-state index contributed by atoms with van der Waals surface area (Å²) in [4.78, 5) is 25.6. The molecule has 3 heterocycles. The van der Waals surface area contributed by atoms with Crippen molar-refractivity contribution in [1.29, 1.82) is 0 Å². The Balaban J connectivity index is 1.67. The van der Waals surface area contributed by atoms with Crippen molar-refractivity contribution in [3.05, 3.63) is 42.6 Å². The Labute approximate surface area is 147 Å². The van der Waals surface area contributed by atoms with Gasteiger partial charge < -0.3 is 19.0 Å². The third-order valence-corrected chi connectivity index (χ3v) is 4.41. The van der Waals surface area contributed by atoms with Crippen LogP contribution in [0.5, 0.6) is 0 Å². The predicted octanol–water partition coefficient (Wildman–Crippen LogP) is 1.96. The third kappa shape index (κ3) is 4.57. The summed E-state index contributed by atoms with van der Waals surface area (Å²) in [5.41, 5.74) is 0. The van der Waals surface area contributed by atoms with Crippen molar-refractivity contribution in [3.8, 4) is 0 Å². The molecule has 1 fully saturated rings. The Hall–Kier alpha value is -2.41. The van der Waals surface area contributed by atoms with Crippen molar-refractivity contribution in [2.24, 2.45) is 5.92 Å². The average molecular weight is 344 g/mol. The molecule has 0 spiro atoms. The maximum Gasteiger partial charge on any atom is 0.227 e. The lowest BCUT2D eigenvalue weighted by molar-refractivity contribution is -0.137. The lowest BCUT2D eigenvalue weighted by atomic mass is 9.96. The number of ether oxygens (including phenoxy) is 1. The van der Waals surface area contributed by atoms with E-state index in [9.17, 15) is 4.79 Å². The van der Waals surface area contributed by atoms with Gasteiger partial charge in [0.05, 0.1) is 25.3 Å². The fourth-order valence-electron chi connectivity index (χ4n) is 3.13. The van der Waals surface area contributed by atoms with Gasteiger partial charge in [-0.3, -0.25) is 4.79 Å². The van der Waals surface area contributed by atoms with Gasteiger partial charge >= 0.3 is 0 Å². The largest absolute Gasteiger partial charge is 0.467 e. The van der Waals surface area contributed by atoms with Crippen LogP contribution < -0.4 is 4.90 Å². The summed E-state index contributed by atoms with van der Waals surface area (Å²) in [5.74, 6) is 1.54. The summed E-state index contributed by atoms with van der Waals surface area (Å²) in [6.45, 7) is 3.04. The number of carbonyl (C=O) groups excluding carboxylic acids is 1. The average Bonchev–Trinajstić information content (AvgIpc) is 3.18. The first-order valence-electron chi connectivity index (χ1n) is 8.60. The molecule has 0 saturated carbocycles. The number of hydrogen-bond donors (Lipinski definition) is 0. The summed E-state index contributed by atoms with van der Waals surface area (Å²) in [5, 5.41) is 0. The van der Waals surface area contributed by atoms with Gasteiger partial charge in [-0.05, 0) is 31.0 Å². The third-order valence-electron chi connectivity index (χ3n) is 4.41. The van der Waals surface area contributed by atoms with Crippen molar-refractivity contribution in [1.82, 2.24) is 14.9 Å². The molecule has 1 amide bonds. The number of nitrogens with zero attached hydrogens (tertiary/aromatic N) is 4. The fraction of sp³-hybridized carbons (Fsp3) is 0.500. The molecule has 1 saturated heterocycles. The van der Waals surface area contributed by atoms with Gasteiger partial charge in [0.1, 0.15) is 5.76 Å². The number of furan rings is 1. The van der Waals surface area contributed by atoms with Crippen molar-refractivity contribution in [2.45, 2.75) is 19.4 Å². The van der Waals surface area contributed by atoms with E-state index >= 15 is 0 Å². The minimum Gasteiger partial charge on any atom is -0.467 e. The Bertz CT molecular complexity index is 648. The first-order chi connectivity index (χ1) is 12.3. The summed E-state index contributed by atoms with van der Waals surface area (Å²) < 4.78 is 10.6. The molecule has 0 aliphatic carbocycles. The Morgan fingerprint density at radius 2 is 2.24 bits per heavy atom. The fourth-order valence-corrected chi connectivity index (χ4v) is 3.13. The number of anilines is 1. The molecule has 1 unspecified atom stereocenters. The van der Waals surface area contributed by atoms with Gasteiger partial charge in [-0.25, -0.2) is 9.97 Å². The normalized spacial score (nSPS) is 17.5. The van der Waals surface area contributed by atoms with Gasteiger partial charge in [-0.1, -0.05) is 0 Å². The van der Waals surface area contributed by atoms with Crippen molar-refractivity contribution < 1.29 is 13.9 Å². The first-order valence-corrected chi connectivity index (χ1v) is 8.60. The monoisotopic (exact) mass is 344 g/mol. The summed E-state index contributed by atoms with van der Waals surface area (Å²) in [6.07, 6.45) is 6.92. The predicted molar refractivity (Wildman–Crippen MR) is 93.0 cm³/mol. The number of piperidine rings is 1. The Morgan fingerprint density at radius 3 is 2.96 bits per heavy atom. The number of amides is 1. The van der Waals surface area contributed by atoms with Gasteiger partial charge in [-0.2, -0.15) is 0 Å². The van der Waals surface area contributed by atoms with Gasteiger partial charge in [0, 0.05) is 39.1 Å². The summed E-state index contributed by atoms with van der Waals surface area (Å²) in [6, 6.07) is 5.52. The van der Waals surface area contributed by atoms with E-state index in [1.165, 1.54) is 0 Å². The van der Waals surface area contributed by atoms with Crippen LogP contribution in [0.25, 0.3) is 0 Å². The standard InChI is InChI=1S/C18H24N4O3/c1-24-12-10-21(14-16-6-3-11-25-16)17(23)15-5-2-9-22(13-15)18-19-7-4-8-20-18/h3-4,6-8,11,15H,2,5,9-10,12-14H2,1H3. The van der Waals surface area contributed by atoms with Crippen LogP contribution in [0.1, 0.15) is 18.6 Å². The van der Waals surface area contributed by atoms with E-state index in [1.54, 1.807) is 31.8 Å². The van der Waals surface area contributed by atoms with E-state index in [-0.39, 0.29) is 11.8 Å². The second kappa shape index (κ2) is 8.62. The van der Waals surface area contributed by atoms with Crippen molar-refractivity contribution >= 4 is 11.9 Å². The molecule has 1 aliphatic heterocycles. The molecule has 1 aliphatic rings. The van der Waals surface area contributed by atoms with Crippen LogP contribution in [0.4, 0.5) is 5.95 Å². The highest BCUT2D eigenvalue weighted by Crippen LogP contribution is 2.22. The molecule has 0 radical (unpaired) electrons. The zero-order chi connectivity index (χ0) is 17.5. The Kier molecular flexibility index (Phi) is 6.00. The number of carbonyl (C=O) groups is 1. The minimum absolute atomic E-state index is 0.0654. The van der Waals surface area contributed by atoms with Crippen LogP contribution >= 0.6 is 0 Å². The van der Waals surface area contributed by atoms with E-state index in [1.807, 2.05) is 17.0 Å². The van der Waals surface area contributed by atoms with Crippen LogP contribution in [0, 0.1) is 5.92 Å². The van der Waals surface area contributed by atoms with Crippen molar-refractivity contribution in [2.75, 3.05) is 38.3 Å². The van der Waals surface area contributed by atoms with Gasteiger partial charge in [0.15, 0.2) is 0 Å². The maximum atomic E-state index is 13.1. The minimum atomic E-state index is -0.0654. The van der Waals surface area contributed by atoms with Crippen LogP contribution in [0.15, 0.2) is 41.3 Å². The highest BCUT2D eigenvalue weighted by molar-refractivity contribution is 5.79. The van der Waals surface area contributed by atoms with E-state index in [2.05, 4.69) is 14.9 Å². The molecule has 1 atom stereocenters. The van der Waals surface area contributed by atoms with E-state index in [0.717, 1.165) is 25.1 Å². The number of aromatic nitrogens is 2. The first kappa shape index (κ1) is 17.4. The van der Waals surface area contributed by atoms with Crippen LogP contribution in [0.3, 0.4) is 0 Å². The maximum absolute atomic E-state index is 13.1. The second-order valence-electron chi connectivity index (χ2n) is 6.17. The quantitative estimate of drug-likeness (QED) is 0.765. The molecule has 0 aromatic carbocycles. The van der Waals surface area contributed by atoms with E-state index < -0.39 is 0 Å². The Morgan fingerprint density at radius 1 is 1.40 bits per heavy atom. The van der Waals surface area contributed by atoms with Crippen LogP contribution in [-0.2, 0) is 16.1 Å². The van der Waals surface area contributed by atoms with Gasteiger partial charge in [0.2, 0.25) is 11.9 Å². The lowest BCUT2D eigenvalue weighted by Crippen LogP contribution is -2.46. The van der Waals surface area contributed by atoms with Gasteiger partial charge in [-0.15, -0.1) is 0 Å². The highest BCUT2D eigenvalue weighted by atomic mass is 16.5. The topological polar surface area (TPSA) is 71.7 Å². The number of rotatable bonds is 7. The lowest BCUT2D eigenvalue weighted by Gasteiger charge is -2.34.